The minimum absolute atomic E-state index is 0.0804. The van der Waals surface area contributed by atoms with Gasteiger partial charge in [0.05, 0.1) is 18.4 Å². The topological polar surface area (TPSA) is 57.6 Å². The first-order valence-electron chi connectivity index (χ1n) is 7.00. The number of carboxylic acid groups (broad SMARTS) is 1. The Balaban J connectivity index is 2.82. The van der Waals surface area contributed by atoms with Crippen LogP contribution >= 0.6 is 0 Å². The lowest BCUT2D eigenvalue weighted by Crippen LogP contribution is -2.40. The monoisotopic (exact) mass is 265 g/mol. The molecule has 1 N–H and O–H groups in total. The van der Waals surface area contributed by atoms with Crippen molar-refractivity contribution in [3.63, 3.8) is 0 Å². The van der Waals surface area contributed by atoms with Crippen LogP contribution in [0.2, 0.25) is 0 Å². The van der Waals surface area contributed by atoms with Crippen LogP contribution in [0.25, 0.3) is 0 Å². The molecule has 4 nitrogen and oxygen atoms in total. The molecule has 106 valence electrons. The van der Waals surface area contributed by atoms with E-state index < -0.39 is 17.8 Å². The minimum Gasteiger partial charge on any atom is -0.481 e. The number of carbonyl (C=O) groups excluding carboxylic acids is 1. The van der Waals surface area contributed by atoms with Gasteiger partial charge in [0.2, 0.25) is 5.91 Å². The van der Waals surface area contributed by atoms with E-state index in [2.05, 4.69) is 5.92 Å². The Labute approximate surface area is 115 Å². The summed E-state index contributed by atoms with van der Waals surface area (Å²) in [4.78, 5) is 25.4. The first-order chi connectivity index (χ1) is 9.04. The van der Waals surface area contributed by atoms with Gasteiger partial charge in [-0.05, 0) is 25.2 Å². The third-order valence-corrected chi connectivity index (χ3v) is 3.96. The molecule has 4 heteroatoms. The summed E-state index contributed by atoms with van der Waals surface area (Å²) in [6.45, 7) is 4.89. The quantitative estimate of drug-likeness (QED) is 0.747. The van der Waals surface area contributed by atoms with Crippen LogP contribution in [0, 0.1) is 30.1 Å². The molecule has 1 saturated carbocycles. The number of hydrogen-bond donors (Lipinski definition) is 1. The van der Waals surface area contributed by atoms with Crippen LogP contribution < -0.4 is 0 Å². The molecule has 0 radical (unpaired) electrons. The highest BCUT2D eigenvalue weighted by Crippen LogP contribution is 2.39. The van der Waals surface area contributed by atoms with Crippen LogP contribution in [0.5, 0.6) is 0 Å². The van der Waals surface area contributed by atoms with Crippen LogP contribution in [0.1, 0.15) is 39.5 Å². The Morgan fingerprint density at radius 2 is 1.95 bits per heavy atom. The summed E-state index contributed by atoms with van der Waals surface area (Å²) in [7, 11) is 0. The number of nitrogens with zero attached hydrogens (tertiary/aromatic N) is 1. The van der Waals surface area contributed by atoms with Crippen LogP contribution in [0.3, 0.4) is 0 Å². The third-order valence-electron chi connectivity index (χ3n) is 3.96. The molecule has 1 aliphatic rings. The molecule has 0 saturated heterocycles. The average Bonchev–Trinajstić information content (AvgIpc) is 2.82. The van der Waals surface area contributed by atoms with Gasteiger partial charge >= 0.3 is 5.97 Å². The predicted molar refractivity (Wildman–Crippen MR) is 73.3 cm³/mol. The molecular weight excluding hydrogens is 242 g/mol. The Hall–Kier alpha value is -1.50. The molecule has 0 aliphatic heterocycles. The highest BCUT2D eigenvalue weighted by molar-refractivity contribution is 5.85. The zero-order valence-electron chi connectivity index (χ0n) is 11.8. The molecule has 1 aliphatic carbocycles. The lowest BCUT2D eigenvalue weighted by Gasteiger charge is -2.25. The lowest BCUT2D eigenvalue weighted by molar-refractivity contribution is -0.148. The molecule has 0 spiro atoms. The van der Waals surface area contributed by atoms with E-state index in [-0.39, 0.29) is 12.5 Å². The van der Waals surface area contributed by atoms with Gasteiger partial charge in [-0.1, -0.05) is 26.2 Å². The molecule has 0 aromatic carbocycles. The number of amides is 1. The zero-order chi connectivity index (χ0) is 14.4. The molecule has 1 rings (SSSR count). The van der Waals surface area contributed by atoms with Gasteiger partial charge in [-0.15, -0.1) is 6.42 Å². The highest BCUT2D eigenvalue weighted by Gasteiger charge is 2.43. The van der Waals surface area contributed by atoms with Crippen LogP contribution in [0.4, 0.5) is 0 Å². The second kappa shape index (κ2) is 7.18. The van der Waals surface area contributed by atoms with Gasteiger partial charge in [0.1, 0.15) is 0 Å². The Morgan fingerprint density at radius 3 is 2.42 bits per heavy atom. The minimum atomic E-state index is -0.855. The molecule has 3 atom stereocenters. The van der Waals surface area contributed by atoms with Gasteiger partial charge in [0.15, 0.2) is 0 Å². The summed E-state index contributed by atoms with van der Waals surface area (Å²) in [5, 5.41) is 9.28. The number of hydrogen-bond acceptors (Lipinski definition) is 2. The second-order valence-corrected chi connectivity index (χ2v) is 5.26. The van der Waals surface area contributed by atoms with Crippen molar-refractivity contribution in [2.45, 2.75) is 39.5 Å². The van der Waals surface area contributed by atoms with Gasteiger partial charge in [-0.25, -0.2) is 0 Å². The third kappa shape index (κ3) is 3.73. The molecule has 1 amide bonds. The van der Waals surface area contributed by atoms with Gasteiger partial charge < -0.3 is 10.0 Å². The molecule has 0 heterocycles. The summed E-state index contributed by atoms with van der Waals surface area (Å²) in [6, 6.07) is 0. The van der Waals surface area contributed by atoms with Crippen molar-refractivity contribution >= 4 is 11.9 Å². The van der Waals surface area contributed by atoms with Crippen molar-refractivity contribution in [1.29, 1.82) is 0 Å². The Kier molecular flexibility index (Phi) is 5.88. The first-order valence-corrected chi connectivity index (χ1v) is 7.00. The maximum atomic E-state index is 12.5. The molecule has 0 aromatic rings. The summed E-state index contributed by atoms with van der Waals surface area (Å²) in [5.74, 6) is 0.938. The van der Waals surface area contributed by atoms with E-state index in [0.717, 1.165) is 12.8 Å². The number of carboxylic acids is 1. The van der Waals surface area contributed by atoms with Crippen molar-refractivity contribution in [3.8, 4) is 12.3 Å². The van der Waals surface area contributed by atoms with E-state index in [9.17, 15) is 14.7 Å². The molecule has 1 fully saturated rings. The van der Waals surface area contributed by atoms with E-state index in [0.29, 0.717) is 25.3 Å². The second-order valence-electron chi connectivity index (χ2n) is 5.26. The van der Waals surface area contributed by atoms with Crippen molar-refractivity contribution < 1.29 is 14.7 Å². The maximum Gasteiger partial charge on any atom is 0.307 e. The van der Waals surface area contributed by atoms with E-state index >= 15 is 0 Å². The summed E-state index contributed by atoms with van der Waals surface area (Å²) >= 11 is 0. The van der Waals surface area contributed by atoms with Gasteiger partial charge in [-0.2, -0.15) is 0 Å². The standard InChI is InChI=1S/C15H23NO3/c1-4-7-16(8-5-2)14(17)12-9-11(6-3)10-13(12)15(18)19/h1,11-13H,5-10H2,2-3H3,(H,18,19). The highest BCUT2D eigenvalue weighted by atomic mass is 16.4. The van der Waals surface area contributed by atoms with Crippen molar-refractivity contribution in [1.82, 2.24) is 4.90 Å². The number of aliphatic carboxylic acids is 1. The van der Waals surface area contributed by atoms with Crippen LogP contribution in [-0.2, 0) is 9.59 Å². The molecular formula is C15H23NO3. The number of rotatable bonds is 6. The average molecular weight is 265 g/mol. The SMILES string of the molecule is C#CCN(CCC)C(=O)C1CC(CC)CC1C(=O)O. The zero-order valence-corrected chi connectivity index (χ0v) is 11.8. The maximum absolute atomic E-state index is 12.5. The molecule has 19 heavy (non-hydrogen) atoms. The van der Waals surface area contributed by atoms with Gasteiger partial charge in [0, 0.05) is 6.54 Å². The van der Waals surface area contributed by atoms with E-state index in [1.807, 2.05) is 13.8 Å². The smallest absolute Gasteiger partial charge is 0.307 e. The summed E-state index contributed by atoms with van der Waals surface area (Å²) < 4.78 is 0. The van der Waals surface area contributed by atoms with E-state index in [1.165, 1.54) is 0 Å². The molecule has 0 aromatic heterocycles. The lowest BCUT2D eigenvalue weighted by atomic mass is 9.94. The summed E-state index contributed by atoms with van der Waals surface area (Å²) in [5.41, 5.74) is 0. The van der Waals surface area contributed by atoms with Crippen molar-refractivity contribution in [3.05, 3.63) is 0 Å². The fourth-order valence-corrected chi connectivity index (χ4v) is 2.90. The van der Waals surface area contributed by atoms with Crippen LogP contribution in [0.15, 0.2) is 0 Å². The van der Waals surface area contributed by atoms with Gasteiger partial charge in [-0.3, -0.25) is 9.59 Å². The Bertz CT molecular complexity index is 372. The molecule has 0 bridgehead atoms. The van der Waals surface area contributed by atoms with Crippen LogP contribution in [-0.4, -0.2) is 35.0 Å². The first kappa shape index (κ1) is 15.6. The summed E-state index contributed by atoms with van der Waals surface area (Å²) in [6.07, 6.45) is 8.33. The Morgan fingerprint density at radius 1 is 1.32 bits per heavy atom. The van der Waals surface area contributed by atoms with E-state index in [1.54, 1.807) is 4.90 Å². The predicted octanol–water partition coefficient (Wildman–Crippen LogP) is 2.00. The molecule has 3 unspecified atom stereocenters. The number of carbonyl (C=O) groups is 2. The fourth-order valence-electron chi connectivity index (χ4n) is 2.90. The normalized spacial score (nSPS) is 25.8. The fraction of sp³-hybridized carbons (Fsp3) is 0.733. The largest absolute Gasteiger partial charge is 0.481 e. The van der Waals surface area contributed by atoms with E-state index in [4.69, 9.17) is 6.42 Å². The van der Waals surface area contributed by atoms with Crippen molar-refractivity contribution in [2.24, 2.45) is 17.8 Å². The van der Waals surface area contributed by atoms with Gasteiger partial charge in [0.25, 0.3) is 0 Å². The number of terminal acetylenes is 1. The van der Waals surface area contributed by atoms with Crippen molar-refractivity contribution in [2.75, 3.05) is 13.1 Å².